The highest BCUT2D eigenvalue weighted by atomic mass is 16.3. The number of para-hydroxylation sites is 1. The zero-order valence-electron chi connectivity index (χ0n) is 11.6. The zero-order chi connectivity index (χ0) is 14.5. The van der Waals surface area contributed by atoms with Crippen LogP contribution >= 0.6 is 0 Å². The lowest BCUT2D eigenvalue weighted by molar-refractivity contribution is -0.119. The Hall–Kier alpha value is -1.59. The van der Waals surface area contributed by atoms with Crippen molar-refractivity contribution in [1.29, 1.82) is 0 Å². The molecule has 0 radical (unpaired) electrons. The predicted molar refractivity (Wildman–Crippen MR) is 76.2 cm³/mol. The summed E-state index contributed by atoms with van der Waals surface area (Å²) in [4.78, 5) is 13.0. The molecule has 0 spiro atoms. The molecule has 1 rings (SSSR count). The van der Waals surface area contributed by atoms with Crippen molar-refractivity contribution >= 4 is 11.6 Å². The number of carbonyl (C=O) groups is 1. The number of carbonyl (C=O) groups excluding carboxylic acids is 1. The summed E-state index contributed by atoms with van der Waals surface area (Å²) in [6.07, 6.45) is 0.563. The largest absolute Gasteiger partial charge is 0.398 e. The van der Waals surface area contributed by atoms with Gasteiger partial charge in [-0.25, -0.2) is 0 Å². The monoisotopic (exact) mass is 265 g/mol. The Kier molecular flexibility index (Phi) is 5.32. The molecule has 0 heterocycles. The highest BCUT2D eigenvalue weighted by molar-refractivity contribution is 5.75. The quantitative estimate of drug-likeness (QED) is 0.633. The summed E-state index contributed by atoms with van der Waals surface area (Å²) >= 11 is 0. The van der Waals surface area contributed by atoms with E-state index in [1.807, 2.05) is 29.2 Å². The topological polar surface area (TPSA) is 92.6 Å². The normalized spacial score (nSPS) is 11.8. The lowest BCUT2D eigenvalue weighted by Gasteiger charge is -2.25. The van der Waals surface area contributed by atoms with E-state index in [0.717, 1.165) is 5.56 Å². The molecule has 0 aliphatic heterocycles. The first-order valence-electron chi connectivity index (χ1n) is 6.34. The van der Waals surface area contributed by atoms with Gasteiger partial charge in [0.25, 0.3) is 0 Å². The summed E-state index contributed by atoms with van der Waals surface area (Å²) in [6, 6.07) is 7.53. The van der Waals surface area contributed by atoms with Crippen molar-refractivity contribution in [2.45, 2.75) is 32.4 Å². The van der Waals surface area contributed by atoms with Crippen LogP contribution in [0.5, 0.6) is 0 Å². The van der Waals surface area contributed by atoms with E-state index in [-0.39, 0.29) is 12.5 Å². The maximum Gasteiger partial charge on any atom is 0.231 e. The van der Waals surface area contributed by atoms with Gasteiger partial charge in [-0.3, -0.25) is 9.69 Å². The third kappa shape index (κ3) is 6.22. The Morgan fingerprint density at radius 2 is 2.00 bits per heavy atom. The Bertz CT molecular complexity index is 427. The average molecular weight is 265 g/mol. The van der Waals surface area contributed by atoms with E-state index in [9.17, 15) is 9.90 Å². The Labute approximate surface area is 114 Å². The van der Waals surface area contributed by atoms with Crippen LogP contribution < -0.4 is 11.5 Å². The smallest absolute Gasteiger partial charge is 0.231 e. The molecule has 19 heavy (non-hydrogen) atoms. The maximum atomic E-state index is 11.1. The van der Waals surface area contributed by atoms with Gasteiger partial charge in [-0.2, -0.15) is 0 Å². The maximum absolute atomic E-state index is 11.1. The summed E-state index contributed by atoms with van der Waals surface area (Å²) in [5.74, 6) is -0.384. The molecule has 1 amide bonds. The molecule has 0 atom stereocenters. The lowest BCUT2D eigenvalue weighted by Crippen LogP contribution is -2.37. The first-order chi connectivity index (χ1) is 8.78. The molecule has 0 bridgehead atoms. The second-order valence-electron chi connectivity index (χ2n) is 5.44. The minimum atomic E-state index is -0.766. The Morgan fingerprint density at radius 1 is 1.37 bits per heavy atom. The molecule has 0 saturated heterocycles. The van der Waals surface area contributed by atoms with Gasteiger partial charge in [0, 0.05) is 18.8 Å². The van der Waals surface area contributed by atoms with Crippen LogP contribution in [0.3, 0.4) is 0 Å². The van der Waals surface area contributed by atoms with Crippen molar-refractivity contribution in [3.63, 3.8) is 0 Å². The van der Waals surface area contributed by atoms with Crippen LogP contribution in [0.1, 0.15) is 25.8 Å². The summed E-state index contributed by atoms with van der Waals surface area (Å²) in [6.45, 7) is 4.77. The van der Waals surface area contributed by atoms with Crippen LogP contribution in [-0.2, 0) is 11.3 Å². The predicted octanol–water partition coefficient (Wildman–Crippen LogP) is 0.717. The van der Waals surface area contributed by atoms with E-state index in [4.69, 9.17) is 11.5 Å². The van der Waals surface area contributed by atoms with Gasteiger partial charge in [0.2, 0.25) is 5.91 Å². The van der Waals surface area contributed by atoms with Crippen molar-refractivity contribution in [3.8, 4) is 0 Å². The molecule has 0 fully saturated rings. The average Bonchev–Trinajstić information content (AvgIpc) is 2.27. The summed E-state index contributed by atoms with van der Waals surface area (Å²) < 4.78 is 0. The SMILES string of the molecule is CC(C)(O)CCN(CC(N)=O)Cc1ccccc1N. The van der Waals surface area contributed by atoms with E-state index < -0.39 is 5.60 Å². The van der Waals surface area contributed by atoms with Crippen molar-refractivity contribution in [1.82, 2.24) is 4.90 Å². The molecule has 0 aliphatic rings. The zero-order valence-corrected chi connectivity index (χ0v) is 11.6. The summed E-state index contributed by atoms with van der Waals surface area (Å²) in [5.41, 5.74) is 12.0. The van der Waals surface area contributed by atoms with Crippen molar-refractivity contribution in [2.75, 3.05) is 18.8 Å². The molecule has 5 heteroatoms. The number of aliphatic hydroxyl groups is 1. The second-order valence-corrected chi connectivity index (χ2v) is 5.44. The molecule has 1 aromatic carbocycles. The van der Waals surface area contributed by atoms with E-state index >= 15 is 0 Å². The van der Waals surface area contributed by atoms with Crippen LogP contribution in [-0.4, -0.2) is 34.6 Å². The third-order valence-corrected chi connectivity index (χ3v) is 2.87. The van der Waals surface area contributed by atoms with Crippen LogP contribution in [0.2, 0.25) is 0 Å². The Balaban J connectivity index is 2.69. The number of primary amides is 1. The first kappa shape index (κ1) is 15.5. The first-order valence-corrected chi connectivity index (χ1v) is 6.34. The Morgan fingerprint density at radius 3 is 2.53 bits per heavy atom. The van der Waals surface area contributed by atoms with E-state index in [0.29, 0.717) is 25.2 Å². The van der Waals surface area contributed by atoms with Gasteiger partial charge < -0.3 is 16.6 Å². The van der Waals surface area contributed by atoms with Gasteiger partial charge in [0.15, 0.2) is 0 Å². The van der Waals surface area contributed by atoms with Gasteiger partial charge in [-0.1, -0.05) is 18.2 Å². The van der Waals surface area contributed by atoms with Crippen LogP contribution in [0, 0.1) is 0 Å². The molecule has 0 unspecified atom stereocenters. The standard InChI is InChI=1S/C14H23N3O2/c1-14(2,19)7-8-17(10-13(16)18)9-11-5-3-4-6-12(11)15/h3-6,19H,7-10,15H2,1-2H3,(H2,16,18). The van der Waals surface area contributed by atoms with Gasteiger partial charge in [0.05, 0.1) is 12.1 Å². The number of amides is 1. The van der Waals surface area contributed by atoms with Crippen molar-refractivity contribution in [3.05, 3.63) is 29.8 Å². The third-order valence-electron chi connectivity index (χ3n) is 2.87. The number of hydrogen-bond acceptors (Lipinski definition) is 4. The molecule has 106 valence electrons. The summed E-state index contributed by atoms with van der Waals surface area (Å²) in [7, 11) is 0. The molecular weight excluding hydrogens is 242 g/mol. The fourth-order valence-electron chi connectivity index (χ4n) is 1.79. The number of benzene rings is 1. The molecule has 0 aliphatic carbocycles. The molecule has 5 nitrogen and oxygen atoms in total. The fraction of sp³-hybridized carbons (Fsp3) is 0.500. The van der Waals surface area contributed by atoms with Gasteiger partial charge in [-0.05, 0) is 31.9 Å². The molecule has 0 saturated carbocycles. The second kappa shape index (κ2) is 6.54. The number of hydrogen-bond donors (Lipinski definition) is 3. The van der Waals surface area contributed by atoms with Gasteiger partial charge in [-0.15, -0.1) is 0 Å². The molecule has 1 aromatic rings. The lowest BCUT2D eigenvalue weighted by atomic mass is 10.0. The van der Waals surface area contributed by atoms with E-state index in [2.05, 4.69) is 0 Å². The van der Waals surface area contributed by atoms with Crippen molar-refractivity contribution < 1.29 is 9.90 Å². The highest BCUT2D eigenvalue weighted by Gasteiger charge is 2.17. The molecule has 5 N–H and O–H groups in total. The molecule has 0 aromatic heterocycles. The minimum Gasteiger partial charge on any atom is -0.398 e. The highest BCUT2D eigenvalue weighted by Crippen LogP contribution is 2.15. The number of rotatable bonds is 7. The number of nitrogens with zero attached hydrogens (tertiary/aromatic N) is 1. The van der Waals surface area contributed by atoms with Crippen LogP contribution in [0.15, 0.2) is 24.3 Å². The van der Waals surface area contributed by atoms with Gasteiger partial charge >= 0.3 is 0 Å². The van der Waals surface area contributed by atoms with E-state index in [1.54, 1.807) is 13.8 Å². The fourth-order valence-corrected chi connectivity index (χ4v) is 1.79. The van der Waals surface area contributed by atoms with Crippen LogP contribution in [0.25, 0.3) is 0 Å². The van der Waals surface area contributed by atoms with Crippen LogP contribution in [0.4, 0.5) is 5.69 Å². The number of nitrogen functional groups attached to an aromatic ring is 1. The number of nitrogens with two attached hydrogens (primary N) is 2. The van der Waals surface area contributed by atoms with E-state index in [1.165, 1.54) is 0 Å². The molecular formula is C14H23N3O2. The minimum absolute atomic E-state index is 0.157. The van der Waals surface area contributed by atoms with Gasteiger partial charge in [0.1, 0.15) is 0 Å². The number of anilines is 1. The summed E-state index contributed by atoms with van der Waals surface area (Å²) in [5, 5.41) is 9.75. The van der Waals surface area contributed by atoms with Crippen molar-refractivity contribution in [2.24, 2.45) is 5.73 Å².